The first-order valence-electron chi connectivity index (χ1n) is 9.40. The maximum atomic E-state index is 8.36. The lowest BCUT2D eigenvalue weighted by Gasteiger charge is -2.18. The molecule has 0 spiro atoms. The third kappa shape index (κ3) is 6.98. The van der Waals surface area contributed by atoms with E-state index < -0.39 is 0 Å². The number of ether oxygens (including phenoxy) is 1. The molecular formula is C21H29N3O3. The molecule has 1 fully saturated rings. The van der Waals surface area contributed by atoms with Gasteiger partial charge in [-0.25, -0.2) is 9.67 Å². The zero-order chi connectivity index (χ0) is 19.5. The average Bonchev–Trinajstić information content (AvgIpc) is 3.06. The lowest BCUT2D eigenvalue weighted by molar-refractivity contribution is -0.122. The summed E-state index contributed by atoms with van der Waals surface area (Å²) in [7, 11) is 0. The molecule has 1 aromatic heterocycles. The van der Waals surface area contributed by atoms with E-state index in [0.717, 1.165) is 57.1 Å². The van der Waals surface area contributed by atoms with E-state index in [4.69, 9.17) is 24.7 Å². The van der Waals surface area contributed by atoms with Gasteiger partial charge in [0.25, 0.3) is 6.47 Å². The normalized spacial score (nSPS) is 14.1. The van der Waals surface area contributed by atoms with E-state index in [1.807, 2.05) is 6.07 Å². The molecule has 1 aliphatic rings. The fraction of sp³-hybridized carbons (Fsp3) is 0.476. The van der Waals surface area contributed by atoms with Crippen molar-refractivity contribution in [2.24, 2.45) is 0 Å². The van der Waals surface area contributed by atoms with E-state index in [-0.39, 0.29) is 6.47 Å². The Labute approximate surface area is 160 Å². The first-order valence-corrected chi connectivity index (χ1v) is 9.40. The Bertz CT molecular complexity index is 716. The molecule has 0 saturated carbocycles. The Balaban J connectivity index is 0.000000817. The van der Waals surface area contributed by atoms with Crippen molar-refractivity contribution in [3.05, 3.63) is 59.2 Å². The van der Waals surface area contributed by atoms with E-state index in [9.17, 15) is 0 Å². The topological polar surface area (TPSA) is 77.2 Å². The molecule has 1 saturated heterocycles. The summed E-state index contributed by atoms with van der Waals surface area (Å²) < 4.78 is 7.57. The van der Waals surface area contributed by atoms with E-state index in [0.29, 0.717) is 5.92 Å². The lowest BCUT2D eigenvalue weighted by atomic mass is 10.00. The number of hydrogen-bond acceptors (Lipinski definition) is 4. The van der Waals surface area contributed by atoms with Crippen molar-refractivity contribution >= 4 is 6.47 Å². The predicted octanol–water partition coefficient (Wildman–Crippen LogP) is 3.82. The molecule has 1 aromatic carbocycles. The number of allylic oxidation sites excluding steroid dienone is 2. The Kier molecular flexibility index (Phi) is 8.71. The highest BCUT2D eigenvalue weighted by molar-refractivity contribution is 5.32. The van der Waals surface area contributed by atoms with Crippen LogP contribution in [0.4, 0.5) is 0 Å². The van der Waals surface area contributed by atoms with E-state index in [1.54, 1.807) is 0 Å². The molecule has 0 atom stereocenters. The van der Waals surface area contributed by atoms with Gasteiger partial charge in [0.2, 0.25) is 0 Å². The summed E-state index contributed by atoms with van der Waals surface area (Å²) in [5.41, 5.74) is 2.62. The SMILES string of the molecule is CC(C)=CCCc1nc(C2CCOCC2)nn1Cc1ccccc1.O=CO. The first-order chi connectivity index (χ1) is 13.1. The Morgan fingerprint density at radius 3 is 2.56 bits per heavy atom. The highest BCUT2D eigenvalue weighted by atomic mass is 16.5. The highest BCUT2D eigenvalue weighted by Crippen LogP contribution is 2.25. The van der Waals surface area contributed by atoms with Crippen LogP contribution in [0.3, 0.4) is 0 Å². The van der Waals surface area contributed by atoms with Crippen molar-refractivity contribution in [2.45, 2.75) is 52.0 Å². The van der Waals surface area contributed by atoms with Gasteiger partial charge in [-0.15, -0.1) is 0 Å². The monoisotopic (exact) mass is 371 g/mol. The van der Waals surface area contributed by atoms with Crippen LogP contribution in [-0.4, -0.2) is 39.6 Å². The van der Waals surface area contributed by atoms with Gasteiger partial charge >= 0.3 is 0 Å². The first kappa shape index (κ1) is 20.8. The van der Waals surface area contributed by atoms with Crippen molar-refractivity contribution in [3.8, 4) is 0 Å². The molecule has 6 nitrogen and oxygen atoms in total. The minimum absolute atomic E-state index is 0.250. The van der Waals surface area contributed by atoms with E-state index in [1.165, 1.54) is 11.1 Å². The van der Waals surface area contributed by atoms with Gasteiger partial charge in [0.05, 0.1) is 6.54 Å². The van der Waals surface area contributed by atoms with Gasteiger partial charge in [-0.05, 0) is 38.7 Å². The van der Waals surface area contributed by atoms with Crippen LogP contribution < -0.4 is 0 Å². The van der Waals surface area contributed by atoms with Crippen molar-refractivity contribution in [3.63, 3.8) is 0 Å². The molecule has 6 heteroatoms. The van der Waals surface area contributed by atoms with Crippen molar-refractivity contribution in [1.82, 2.24) is 14.8 Å². The third-order valence-electron chi connectivity index (χ3n) is 4.45. The number of nitrogens with zero attached hydrogens (tertiary/aromatic N) is 3. The van der Waals surface area contributed by atoms with Crippen LogP contribution in [0.15, 0.2) is 42.0 Å². The van der Waals surface area contributed by atoms with Crippen molar-refractivity contribution in [2.75, 3.05) is 13.2 Å². The van der Waals surface area contributed by atoms with Crippen molar-refractivity contribution < 1.29 is 14.6 Å². The molecule has 0 aliphatic carbocycles. The number of hydrogen-bond donors (Lipinski definition) is 1. The largest absolute Gasteiger partial charge is 0.483 e. The smallest absolute Gasteiger partial charge is 0.290 e. The van der Waals surface area contributed by atoms with Crippen LogP contribution >= 0.6 is 0 Å². The molecule has 2 heterocycles. The minimum Gasteiger partial charge on any atom is -0.483 e. The fourth-order valence-corrected chi connectivity index (χ4v) is 3.08. The number of aryl methyl sites for hydroxylation is 1. The summed E-state index contributed by atoms with van der Waals surface area (Å²) in [4.78, 5) is 13.3. The number of aromatic nitrogens is 3. The van der Waals surface area contributed by atoms with Gasteiger partial charge in [-0.2, -0.15) is 5.10 Å². The van der Waals surface area contributed by atoms with Gasteiger partial charge in [0.15, 0.2) is 5.82 Å². The van der Waals surface area contributed by atoms with Crippen LogP contribution in [0.1, 0.15) is 56.2 Å². The lowest BCUT2D eigenvalue weighted by Crippen LogP contribution is -2.15. The molecule has 0 unspecified atom stereocenters. The minimum atomic E-state index is -0.250. The summed E-state index contributed by atoms with van der Waals surface area (Å²) in [6, 6.07) is 10.5. The zero-order valence-electron chi connectivity index (χ0n) is 16.2. The molecule has 3 rings (SSSR count). The average molecular weight is 371 g/mol. The van der Waals surface area contributed by atoms with Crippen molar-refractivity contribution in [1.29, 1.82) is 0 Å². The van der Waals surface area contributed by atoms with Crippen LogP contribution in [0.25, 0.3) is 0 Å². The summed E-state index contributed by atoms with van der Waals surface area (Å²) in [5, 5.41) is 11.7. The Morgan fingerprint density at radius 1 is 1.26 bits per heavy atom. The molecule has 27 heavy (non-hydrogen) atoms. The standard InChI is InChI=1S/C20H27N3O.CH2O2/c1-16(2)7-6-10-19-21-20(18-11-13-24-14-12-18)22-23(19)15-17-8-4-3-5-9-17;2-1-3/h3-5,7-9,18H,6,10-15H2,1-2H3;1H,(H,2,3). The molecule has 0 radical (unpaired) electrons. The number of carboxylic acid groups (broad SMARTS) is 1. The molecular weight excluding hydrogens is 342 g/mol. The maximum absolute atomic E-state index is 8.36. The van der Waals surface area contributed by atoms with Gasteiger partial charge in [0, 0.05) is 25.6 Å². The second-order valence-corrected chi connectivity index (χ2v) is 6.84. The van der Waals surface area contributed by atoms with Gasteiger partial charge in [-0.1, -0.05) is 42.0 Å². The number of carbonyl (C=O) groups is 1. The third-order valence-corrected chi connectivity index (χ3v) is 4.45. The van der Waals surface area contributed by atoms with Crippen LogP contribution in [0.2, 0.25) is 0 Å². The van der Waals surface area contributed by atoms with Gasteiger partial charge in [-0.3, -0.25) is 4.79 Å². The summed E-state index contributed by atoms with van der Waals surface area (Å²) >= 11 is 0. The van der Waals surface area contributed by atoms with E-state index >= 15 is 0 Å². The van der Waals surface area contributed by atoms with Gasteiger partial charge in [0.1, 0.15) is 5.82 Å². The molecule has 1 N–H and O–H groups in total. The van der Waals surface area contributed by atoms with E-state index in [2.05, 4.69) is 48.9 Å². The Morgan fingerprint density at radius 2 is 1.93 bits per heavy atom. The molecule has 2 aromatic rings. The van der Waals surface area contributed by atoms with Crippen LogP contribution in [0, 0.1) is 0 Å². The highest BCUT2D eigenvalue weighted by Gasteiger charge is 2.21. The zero-order valence-corrected chi connectivity index (χ0v) is 16.2. The second kappa shape index (κ2) is 11.3. The summed E-state index contributed by atoms with van der Waals surface area (Å²) in [5.74, 6) is 2.54. The molecule has 146 valence electrons. The predicted molar refractivity (Wildman–Crippen MR) is 105 cm³/mol. The number of rotatable bonds is 6. The molecule has 0 bridgehead atoms. The quantitative estimate of drug-likeness (QED) is 0.617. The fourth-order valence-electron chi connectivity index (χ4n) is 3.08. The maximum Gasteiger partial charge on any atom is 0.290 e. The summed E-state index contributed by atoms with van der Waals surface area (Å²) in [6.07, 6.45) is 6.29. The second-order valence-electron chi connectivity index (χ2n) is 6.84. The molecule has 1 aliphatic heterocycles. The molecule has 0 amide bonds. The Hall–Kier alpha value is -2.47. The van der Waals surface area contributed by atoms with Crippen LogP contribution in [-0.2, 0) is 22.5 Å². The number of benzene rings is 1. The van der Waals surface area contributed by atoms with Gasteiger partial charge < -0.3 is 9.84 Å². The van der Waals surface area contributed by atoms with Crippen LogP contribution in [0.5, 0.6) is 0 Å². The summed E-state index contributed by atoms with van der Waals surface area (Å²) in [6.45, 7) is 6.47.